The number of phenols is 1. The highest BCUT2D eigenvalue weighted by atomic mass is 32.2. The second-order valence-electron chi connectivity index (χ2n) is 9.84. The molecule has 2 unspecified atom stereocenters. The van der Waals surface area contributed by atoms with E-state index in [1.54, 1.807) is 30.3 Å². The topological polar surface area (TPSA) is 273 Å². The van der Waals surface area contributed by atoms with Crippen LogP contribution in [0.25, 0.3) is 0 Å². The number of carbonyl (C=O) groups excluding carboxylic acids is 4. The number of hydrogen-bond donors (Lipinski definition) is 7. The molecule has 224 valence electrons. The first kappa shape index (κ1) is 33.8. The fraction of sp³-hybridized carbons (Fsp3) is 0.407. The van der Waals surface area contributed by atoms with Crippen molar-refractivity contribution in [2.45, 2.75) is 49.1 Å². The van der Waals surface area contributed by atoms with E-state index in [4.69, 9.17) is 28.7 Å². The molecule has 14 heteroatoms. The maximum Gasteiger partial charge on any atom is 0.276 e. The fourth-order valence-electron chi connectivity index (χ4n) is 4.77. The van der Waals surface area contributed by atoms with E-state index < -0.39 is 88.0 Å². The van der Waals surface area contributed by atoms with E-state index in [0.717, 1.165) is 0 Å². The molecule has 0 aliphatic carbocycles. The standard InChI is InChI=1S/C27H37N5O8S/c28-14-22(34)27(23(35)15-29,26(37)21(32)13-16-4-2-1-3-5-16)11-10-19(30)25(41(38,39)40)24(36)20(31)12-17-6-8-18(33)9-7-17/h1-9,19-21,25,33H,10-15,28-32H2,(H,38,39,40)/t19?,20-,21-,25?/m0/s1. The summed E-state index contributed by atoms with van der Waals surface area (Å²) in [4.78, 5) is 52.9. The molecule has 41 heavy (non-hydrogen) atoms. The van der Waals surface area contributed by atoms with Crippen molar-refractivity contribution >= 4 is 33.3 Å². The zero-order chi connectivity index (χ0) is 31.0. The number of rotatable bonds is 17. The third kappa shape index (κ3) is 8.33. The molecular formula is C27H37N5O8S. The van der Waals surface area contributed by atoms with Gasteiger partial charge in [-0.2, -0.15) is 8.42 Å². The summed E-state index contributed by atoms with van der Waals surface area (Å²) in [6, 6.07) is 9.77. The number of ketones is 4. The van der Waals surface area contributed by atoms with Crippen LogP contribution in [-0.4, -0.2) is 77.7 Å². The smallest absolute Gasteiger partial charge is 0.276 e. The normalized spacial score (nSPS) is 15.0. The lowest BCUT2D eigenvalue weighted by molar-refractivity contribution is -0.149. The molecule has 2 aromatic carbocycles. The van der Waals surface area contributed by atoms with Crippen LogP contribution in [0.4, 0.5) is 0 Å². The first-order valence-corrected chi connectivity index (χ1v) is 14.3. The van der Waals surface area contributed by atoms with E-state index in [2.05, 4.69) is 0 Å². The second kappa shape index (κ2) is 14.5. The SMILES string of the molecule is NCC(=O)C(CCC(N)C(C(=O)[C@@H](N)Cc1ccc(O)cc1)S(=O)(=O)O)(C(=O)CN)C(=O)[C@@H](N)Cc1ccccc1. The lowest BCUT2D eigenvalue weighted by Crippen LogP contribution is -2.58. The Balaban J connectivity index is 2.37. The Morgan fingerprint density at radius 1 is 0.780 bits per heavy atom. The van der Waals surface area contributed by atoms with Gasteiger partial charge in [-0.1, -0.05) is 42.5 Å². The van der Waals surface area contributed by atoms with Crippen molar-refractivity contribution in [1.82, 2.24) is 0 Å². The molecule has 0 amide bonds. The highest BCUT2D eigenvalue weighted by molar-refractivity contribution is 7.87. The third-order valence-corrected chi connectivity index (χ3v) is 8.20. The molecule has 2 aromatic rings. The average Bonchev–Trinajstić information content (AvgIpc) is 2.93. The highest BCUT2D eigenvalue weighted by Crippen LogP contribution is 2.31. The molecule has 0 bridgehead atoms. The Kier molecular flexibility index (Phi) is 12.0. The van der Waals surface area contributed by atoms with Crippen molar-refractivity contribution in [3.63, 3.8) is 0 Å². The van der Waals surface area contributed by atoms with Gasteiger partial charge in [-0.25, -0.2) is 0 Å². The van der Waals surface area contributed by atoms with Gasteiger partial charge in [0, 0.05) is 6.04 Å². The van der Waals surface area contributed by atoms with Crippen LogP contribution >= 0.6 is 0 Å². The fourth-order valence-corrected chi connectivity index (χ4v) is 5.82. The summed E-state index contributed by atoms with van der Waals surface area (Å²) >= 11 is 0. The van der Waals surface area contributed by atoms with Gasteiger partial charge in [-0.15, -0.1) is 0 Å². The minimum Gasteiger partial charge on any atom is -0.508 e. The van der Waals surface area contributed by atoms with E-state index in [-0.39, 0.29) is 18.6 Å². The summed E-state index contributed by atoms with van der Waals surface area (Å²) < 4.78 is 34.4. The van der Waals surface area contributed by atoms with Gasteiger partial charge in [0.05, 0.1) is 25.2 Å². The molecule has 12 N–H and O–H groups in total. The summed E-state index contributed by atoms with van der Waals surface area (Å²) in [6.07, 6.45) is -1.40. The number of phenolic OH excluding ortho intramolecular Hbond substituents is 1. The average molecular weight is 592 g/mol. The second-order valence-corrected chi connectivity index (χ2v) is 11.4. The lowest BCUT2D eigenvalue weighted by atomic mass is 9.68. The Hall–Kier alpha value is -3.37. The number of aromatic hydroxyl groups is 1. The van der Waals surface area contributed by atoms with Gasteiger partial charge >= 0.3 is 0 Å². The van der Waals surface area contributed by atoms with Crippen LogP contribution < -0.4 is 28.7 Å². The molecule has 0 radical (unpaired) electrons. The van der Waals surface area contributed by atoms with Crippen molar-refractivity contribution in [2.75, 3.05) is 13.1 Å². The highest BCUT2D eigenvalue weighted by Gasteiger charge is 2.52. The summed E-state index contributed by atoms with van der Waals surface area (Å²) in [6.45, 7) is -1.47. The molecule has 0 saturated heterocycles. The van der Waals surface area contributed by atoms with Crippen LogP contribution in [0.5, 0.6) is 5.75 Å². The van der Waals surface area contributed by atoms with Gasteiger partial charge in [0.2, 0.25) is 0 Å². The molecule has 0 saturated carbocycles. The van der Waals surface area contributed by atoms with Crippen molar-refractivity contribution in [3.8, 4) is 5.75 Å². The van der Waals surface area contributed by atoms with E-state index in [9.17, 15) is 37.3 Å². The number of benzene rings is 2. The minimum atomic E-state index is -5.13. The Bertz CT molecular complexity index is 1320. The molecule has 0 heterocycles. The van der Waals surface area contributed by atoms with Crippen LogP contribution in [0.2, 0.25) is 0 Å². The summed E-state index contributed by atoms with van der Waals surface area (Å²) in [5.74, 6) is -4.12. The Morgan fingerprint density at radius 3 is 1.76 bits per heavy atom. The molecule has 2 rings (SSSR count). The monoisotopic (exact) mass is 591 g/mol. The quantitative estimate of drug-likeness (QED) is 0.0805. The maximum atomic E-state index is 13.6. The summed E-state index contributed by atoms with van der Waals surface area (Å²) in [5.41, 5.74) is 28.0. The Labute approximate surface area is 238 Å². The van der Waals surface area contributed by atoms with Crippen molar-refractivity contribution in [2.24, 2.45) is 34.1 Å². The van der Waals surface area contributed by atoms with E-state index in [0.29, 0.717) is 11.1 Å². The first-order valence-electron chi connectivity index (χ1n) is 12.8. The zero-order valence-corrected chi connectivity index (χ0v) is 23.2. The van der Waals surface area contributed by atoms with Gasteiger partial charge in [0.1, 0.15) is 11.2 Å². The molecule has 0 aromatic heterocycles. The number of carbonyl (C=O) groups is 4. The lowest BCUT2D eigenvalue weighted by Gasteiger charge is -2.33. The van der Waals surface area contributed by atoms with Gasteiger partial charge < -0.3 is 33.8 Å². The summed E-state index contributed by atoms with van der Waals surface area (Å²) in [7, 11) is -5.13. The number of nitrogens with two attached hydrogens (primary N) is 5. The van der Waals surface area contributed by atoms with E-state index in [1.807, 2.05) is 0 Å². The predicted octanol–water partition coefficient (Wildman–Crippen LogP) is -1.62. The molecule has 0 aliphatic rings. The van der Waals surface area contributed by atoms with Gasteiger partial charge in [0.25, 0.3) is 10.1 Å². The minimum absolute atomic E-state index is 0.0264. The summed E-state index contributed by atoms with van der Waals surface area (Å²) in [5, 5.41) is 7.20. The molecule has 0 fully saturated rings. The predicted molar refractivity (Wildman–Crippen MR) is 151 cm³/mol. The van der Waals surface area contributed by atoms with Crippen LogP contribution in [0.3, 0.4) is 0 Å². The largest absolute Gasteiger partial charge is 0.508 e. The van der Waals surface area contributed by atoms with Gasteiger partial charge in [-0.3, -0.25) is 23.7 Å². The van der Waals surface area contributed by atoms with Gasteiger partial charge in [0.15, 0.2) is 28.4 Å². The van der Waals surface area contributed by atoms with Crippen LogP contribution in [0.15, 0.2) is 54.6 Å². The number of hydrogen-bond acceptors (Lipinski definition) is 12. The van der Waals surface area contributed by atoms with Crippen LogP contribution in [-0.2, 0) is 42.1 Å². The maximum absolute atomic E-state index is 13.6. The van der Waals surface area contributed by atoms with Crippen LogP contribution in [0, 0.1) is 5.41 Å². The molecule has 13 nitrogen and oxygen atoms in total. The van der Waals surface area contributed by atoms with Crippen molar-refractivity contribution < 1.29 is 37.3 Å². The molecule has 4 atom stereocenters. The zero-order valence-electron chi connectivity index (χ0n) is 22.4. The first-order chi connectivity index (χ1) is 19.2. The molecule has 0 aliphatic heterocycles. The molecule has 0 spiro atoms. The van der Waals surface area contributed by atoms with E-state index >= 15 is 0 Å². The van der Waals surface area contributed by atoms with E-state index in [1.165, 1.54) is 24.3 Å². The van der Waals surface area contributed by atoms with Crippen molar-refractivity contribution in [1.29, 1.82) is 0 Å². The third-order valence-electron chi connectivity index (χ3n) is 6.98. The number of Topliss-reactive ketones (excluding diaryl/α,β-unsaturated/α-hetero) is 4. The van der Waals surface area contributed by atoms with Crippen LogP contribution in [0.1, 0.15) is 24.0 Å². The van der Waals surface area contributed by atoms with Gasteiger partial charge in [-0.05, 0) is 48.9 Å². The van der Waals surface area contributed by atoms with Crippen molar-refractivity contribution in [3.05, 3.63) is 65.7 Å². The Morgan fingerprint density at radius 2 is 1.27 bits per heavy atom. The molecular weight excluding hydrogens is 554 g/mol.